The molecule has 0 spiro atoms. The van der Waals surface area contributed by atoms with Gasteiger partial charge in [0, 0.05) is 56.7 Å². The number of carbonyl (C=O) groups is 1. The van der Waals surface area contributed by atoms with E-state index in [-0.39, 0.29) is 17.9 Å². The average molecular weight is 435 g/mol. The van der Waals surface area contributed by atoms with Crippen LogP contribution in [0.15, 0.2) is 42.6 Å². The summed E-state index contributed by atoms with van der Waals surface area (Å²) < 4.78 is 1.89. The number of aromatic nitrogens is 3. The zero-order valence-electron chi connectivity index (χ0n) is 19.6. The van der Waals surface area contributed by atoms with Crippen molar-refractivity contribution in [3.63, 3.8) is 0 Å². The number of rotatable bonds is 7. The number of piperazine rings is 1. The fraction of sp³-hybridized carbons (Fsp3) is 0.480. The van der Waals surface area contributed by atoms with E-state index < -0.39 is 0 Å². The molecular formula is C25H34N6O. The van der Waals surface area contributed by atoms with Gasteiger partial charge in [-0.15, -0.1) is 0 Å². The lowest BCUT2D eigenvalue weighted by Gasteiger charge is -2.36. The number of hydrogen-bond donors (Lipinski definition) is 1. The summed E-state index contributed by atoms with van der Waals surface area (Å²) in [7, 11) is 0. The van der Waals surface area contributed by atoms with Crippen LogP contribution >= 0.6 is 0 Å². The van der Waals surface area contributed by atoms with Gasteiger partial charge in [-0.1, -0.05) is 32.0 Å². The lowest BCUT2D eigenvalue weighted by Crippen LogP contribution is -2.48. The Morgan fingerprint density at radius 3 is 2.44 bits per heavy atom. The Labute approximate surface area is 190 Å². The van der Waals surface area contributed by atoms with E-state index in [2.05, 4.69) is 78.2 Å². The van der Waals surface area contributed by atoms with Crippen LogP contribution in [0.5, 0.6) is 0 Å². The number of nitrogens with one attached hydrogen (secondary N) is 1. The molecule has 32 heavy (non-hydrogen) atoms. The van der Waals surface area contributed by atoms with Crippen molar-refractivity contribution in [3.05, 3.63) is 53.9 Å². The summed E-state index contributed by atoms with van der Waals surface area (Å²) in [6.45, 7) is 13.9. The molecule has 0 saturated carbocycles. The van der Waals surface area contributed by atoms with Gasteiger partial charge in [0.05, 0.1) is 17.1 Å². The third-order valence-corrected chi connectivity index (χ3v) is 6.12. The highest BCUT2D eigenvalue weighted by Gasteiger charge is 2.20. The van der Waals surface area contributed by atoms with Crippen LogP contribution in [-0.2, 0) is 0 Å². The van der Waals surface area contributed by atoms with Crippen molar-refractivity contribution < 1.29 is 4.79 Å². The maximum atomic E-state index is 13.1. The predicted octanol–water partition coefficient (Wildman–Crippen LogP) is 3.69. The number of anilines is 1. The Bertz CT molecular complexity index is 1050. The Morgan fingerprint density at radius 1 is 1.06 bits per heavy atom. The first kappa shape index (κ1) is 22.3. The lowest BCUT2D eigenvalue weighted by molar-refractivity contribution is 0.0949. The predicted molar refractivity (Wildman–Crippen MR) is 129 cm³/mol. The Kier molecular flexibility index (Phi) is 6.74. The van der Waals surface area contributed by atoms with Gasteiger partial charge in [-0.25, -0.2) is 9.67 Å². The normalized spacial score (nSPS) is 15.1. The van der Waals surface area contributed by atoms with Gasteiger partial charge in [0.25, 0.3) is 5.91 Å². The minimum atomic E-state index is -0.0504. The highest BCUT2D eigenvalue weighted by molar-refractivity contribution is 6.05. The van der Waals surface area contributed by atoms with Crippen molar-refractivity contribution in [1.29, 1.82) is 0 Å². The van der Waals surface area contributed by atoms with E-state index in [0.29, 0.717) is 12.1 Å². The molecule has 1 N–H and O–H groups in total. The Hall–Kier alpha value is -2.93. The number of fused-ring (bicyclic) bond motifs is 1. The first-order valence-corrected chi connectivity index (χ1v) is 11.6. The van der Waals surface area contributed by atoms with E-state index in [9.17, 15) is 4.79 Å². The highest BCUT2D eigenvalue weighted by atomic mass is 16.1. The molecule has 0 aliphatic carbocycles. The van der Waals surface area contributed by atoms with Gasteiger partial charge in [-0.2, -0.15) is 5.10 Å². The van der Waals surface area contributed by atoms with Crippen LogP contribution in [0.3, 0.4) is 0 Å². The Morgan fingerprint density at radius 2 is 1.78 bits per heavy atom. The zero-order chi connectivity index (χ0) is 22.7. The smallest absolute Gasteiger partial charge is 0.252 e. The summed E-state index contributed by atoms with van der Waals surface area (Å²) in [5.41, 5.74) is 3.65. The van der Waals surface area contributed by atoms with Gasteiger partial charge in [0.2, 0.25) is 0 Å². The molecule has 0 radical (unpaired) electrons. The lowest BCUT2D eigenvalue weighted by atomic mass is 10.0. The summed E-state index contributed by atoms with van der Waals surface area (Å²) in [5.74, 6) is 0.188. The topological polar surface area (TPSA) is 66.3 Å². The van der Waals surface area contributed by atoms with Gasteiger partial charge in [0.1, 0.15) is 0 Å². The average Bonchev–Trinajstić information content (AvgIpc) is 3.24. The maximum absolute atomic E-state index is 13.1. The fourth-order valence-corrected chi connectivity index (χ4v) is 4.19. The van der Waals surface area contributed by atoms with E-state index in [1.54, 1.807) is 6.20 Å². The molecule has 1 aliphatic rings. The molecule has 3 aromatic rings. The summed E-state index contributed by atoms with van der Waals surface area (Å²) in [4.78, 5) is 22.7. The molecule has 170 valence electrons. The number of carbonyl (C=O) groups excluding carboxylic acids is 1. The molecule has 1 fully saturated rings. The minimum Gasteiger partial charge on any atom is -0.369 e. The molecule has 3 heterocycles. The van der Waals surface area contributed by atoms with E-state index in [1.165, 1.54) is 5.69 Å². The van der Waals surface area contributed by atoms with Gasteiger partial charge in [0.15, 0.2) is 5.65 Å². The van der Waals surface area contributed by atoms with Crippen molar-refractivity contribution in [2.24, 2.45) is 0 Å². The first-order valence-electron chi connectivity index (χ1n) is 11.6. The molecule has 0 unspecified atom stereocenters. The molecule has 1 amide bonds. The van der Waals surface area contributed by atoms with Crippen molar-refractivity contribution in [1.82, 2.24) is 25.0 Å². The number of nitrogens with zero attached hydrogens (tertiary/aromatic N) is 5. The third-order valence-electron chi connectivity index (χ3n) is 6.12. The van der Waals surface area contributed by atoms with E-state index >= 15 is 0 Å². The number of benzene rings is 1. The standard InChI is InChI=1S/C25H34N6O/c1-18(2)23-16-21(22-17-27-31(19(3)4)24(22)28-23)25(32)26-10-11-29-12-14-30(15-13-29)20-8-6-5-7-9-20/h5-9,16-19H,10-15H2,1-4H3,(H,26,32). The zero-order valence-corrected chi connectivity index (χ0v) is 19.6. The molecule has 7 nitrogen and oxygen atoms in total. The van der Waals surface area contributed by atoms with Crippen LogP contribution in [0.1, 0.15) is 55.7 Å². The quantitative estimate of drug-likeness (QED) is 0.614. The molecule has 2 aromatic heterocycles. The molecule has 1 saturated heterocycles. The van der Waals surface area contributed by atoms with Crippen molar-refractivity contribution in [2.75, 3.05) is 44.2 Å². The van der Waals surface area contributed by atoms with Crippen LogP contribution in [-0.4, -0.2) is 64.8 Å². The monoisotopic (exact) mass is 434 g/mol. The number of hydrogen-bond acceptors (Lipinski definition) is 5. The summed E-state index contributed by atoms with van der Waals surface area (Å²) in [6, 6.07) is 12.7. The molecule has 1 aliphatic heterocycles. The fourth-order valence-electron chi connectivity index (χ4n) is 4.19. The number of amides is 1. The van der Waals surface area contributed by atoms with Crippen LogP contribution in [0.25, 0.3) is 11.0 Å². The summed E-state index contributed by atoms with van der Waals surface area (Å²) in [6.07, 6.45) is 1.77. The van der Waals surface area contributed by atoms with Crippen LogP contribution in [0.2, 0.25) is 0 Å². The van der Waals surface area contributed by atoms with Crippen LogP contribution in [0, 0.1) is 0 Å². The molecule has 0 bridgehead atoms. The van der Waals surface area contributed by atoms with Crippen molar-refractivity contribution in [2.45, 2.75) is 39.7 Å². The highest BCUT2D eigenvalue weighted by Crippen LogP contribution is 2.24. The van der Waals surface area contributed by atoms with Gasteiger partial charge >= 0.3 is 0 Å². The van der Waals surface area contributed by atoms with Gasteiger partial charge in [-0.05, 0) is 38.0 Å². The second-order valence-electron chi connectivity index (χ2n) is 9.09. The molecular weight excluding hydrogens is 400 g/mol. The van der Waals surface area contributed by atoms with Crippen LogP contribution < -0.4 is 10.2 Å². The van der Waals surface area contributed by atoms with Gasteiger partial charge in [-0.3, -0.25) is 9.69 Å². The second-order valence-corrected chi connectivity index (χ2v) is 9.09. The molecule has 7 heteroatoms. The minimum absolute atomic E-state index is 0.0504. The molecule has 1 aromatic carbocycles. The van der Waals surface area contributed by atoms with E-state index in [1.807, 2.05) is 10.7 Å². The van der Waals surface area contributed by atoms with Gasteiger partial charge < -0.3 is 10.2 Å². The maximum Gasteiger partial charge on any atom is 0.252 e. The number of pyridine rings is 1. The second kappa shape index (κ2) is 9.69. The van der Waals surface area contributed by atoms with Crippen LogP contribution in [0.4, 0.5) is 5.69 Å². The van der Waals surface area contributed by atoms with Crippen molar-refractivity contribution >= 4 is 22.6 Å². The third kappa shape index (κ3) is 4.78. The van der Waals surface area contributed by atoms with Crippen molar-refractivity contribution in [3.8, 4) is 0 Å². The SMILES string of the molecule is CC(C)c1cc(C(=O)NCCN2CCN(c3ccccc3)CC2)c2cnn(C(C)C)c2n1. The summed E-state index contributed by atoms with van der Waals surface area (Å²) in [5, 5.41) is 8.43. The van der Waals surface area contributed by atoms with E-state index in [4.69, 9.17) is 4.98 Å². The molecule has 0 atom stereocenters. The molecule has 4 rings (SSSR count). The first-order chi connectivity index (χ1) is 15.4. The largest absolute Gasteiger partial charge is 0.369 e. The summed E-state index contributed by atoms with van der Waals surface area (Å²) >= 11 is 0. The number of para-hydroxylation sites is 1. The Balaban J connectivity index is 1.37. The van der Waals surface area contributed by atoms with E-state index in [0.717, 1.165) is 49.5 Å².